The molecule has 0 bridgehead atoms. The van der Waals surface area contributed by atoms with Crippen LogP contribution in [0.5, 0.6) is 0 Å². The van der Waals surface area contributed by atoms with Crippen molar-refractivity contribution < 1.29 is 14.4 Å². The zero-order valence-electron chi connectivity index (χ0n) is 16.6. The minimum absolute atomic E-state index is 0.282. The molecular weight excluding hydrogens is 386 g/mol. The summed E-state index contributed by atoms with van der Waals surface area (Å²) in [6, 6.07) is 17.0. The third kappa shape index (κ3) is 4.98. The molecule has 1 aliphatic heterocycles. The molecule has 0 saturated carbocycles. The number of thioether (sulfide) groups is 1. The van der Waals surface area contributed by atoms with Gasteiger partial charge in [0.2, 0.25) is 5.91 Å². The largest absolute Gasteiger partial charge is 0.354 e. The molecular formula is C22H25N3O3S. The number of urea groups is 1. The summed E-state index contributed by atoms with van der Waals surface area (Å²) >= 11 is 1.72. The third-order valence-electron chi connectivity index (χ3n) is 4.89. The van der Waals surface area contributed by atoms with Crippen molar-refractivity contribution in [2.45, 2.75) is 25.1 Å². The Hall–Kier alpha value is -2.80. The molecule has 1 atom stereocenters. The number of rotatable bonds is 8. The van der Waals surface area contributed by atoms with Gasteiger partial charge in [0.25, 0.3) is 5.91 Å². The third-order valence-corrected chi connectivity index (χ3v) is 5.92. The van der Waals surface area contributed by atoms with Gasteiger partial charge in [0, 0.05) is 18.1 Å². The molecule has 1 unspecified atom stereocenters. The van der Waals surface area contributed by atoms with Crippen molar-refractivity contribution in [2.75, 3.05) is 18.8 Å². The number of nitrogens with zero attached hydrogens (tertiary/aromatic N) is 1. The van der Waals surface area contributed by atoms with Crippen LogP contribution in [0.25, 0.3) is 0 Å². The lowest BCUT2D eigenvalue weighted by atomic mass is 9.91. The van der Waals surface area contributed by atoms with Crippen LogP contribution in [0.4, 0.5) is 4.79 Å². The Bertz CT molecular complexity index is 886. The smallest absolute Gasteiger partial charge is 0.325 e. The Kier molecular flexibility index (Phi) is 6.59. The zero-order chi connectivity index (χ0) is 20.9. The molecule has 0 radical (unpaired) electrons. The maximum atomic E-state index is 12.9. The van der Waals surface area contributed by atoms with E-state index in [4.69, 9.17) is 0 Å². The number of nitrogens with one attached hydrogen (secondary N) is 2. The van der Waals surface area contributed by atoms with Crippen molar-refractivity contribution in [3.05, 3.63) is 71.3 Å². The molecule has 2 aromatic rings. The first-order valence-electron chi connectivity index (χ1n) is 9.50. The Morgan fingerprint density at radius 2 is 1.79 bits per heavy atom. The molecule has 1 saturated heterocycles. The van der Waals surface area contributed by atoms with Gasteiger partial charge in [-0.3, -0.25) is 14.5 Å². The van der Waals surface area contributed by atoms with Gasteiger partial charge in [-0.2, -0.15) is 11.8 Å². The molecule has 3 rings (SSSR count). The summed E-state index contributed by atoms with van der Waals surface area (Å²) in [7, 11) is 0. The lowest BCUT2D eigenvalue weighted by Gasteiger charge is -2.22. The predicted octanol–water partition coefficient (Wildman–Crippen LogP) is 2.81. The molecule has 1 fully saturated rings. The molecule has 1 heterocycles. The Morgan fingerprint density at radius 3 is 2.48 bits per heavy atom. The Balaban J connectivity index is 1.48. The maximum Gasteiger partial charge on any atom is 0.325 e. The Morgan fingerprint density at radius 1 is 1.10 bits per heavy atom. The van der Waals surface area contributed by atoms with Crippen molar-refractivity contribution >= 4 is 29.6 Å². The minimum atomic E-state index is -1.16. The minimum Gasteiger partial charge on any atom is -0.354 e. The second-order valence-corrected chi connectivity index (χ2v) is 8.31. The first kappa shape index (κ1) is 20.9. The Labute approximate surface area is 175 Å². The molecule has 0 spiro atoms. The molecule has 0 aromatic heterocycles. The van der Waals surface area contributed by atoms with E-state index >= 15 is 0 Å². The quantitative estimate of drug-likeness (QED) is 0.517. The van der Waals surface area contributed by atoms with Crippen LogP contribution in [0.1, 0.15) is 23.6 Å². The molecule has 7 heteroatoms. The van der Waals surface area contributed by atoms with Crippen molar-refractivity contribution in [1.82, 2.24) is 15.5 Å². The van der Waals surface area contributed by atoms with Gasteiger partial charge >= 0.3 is 6.03 Å². The van der Waals surface area contributed by atoms with Gasteiger partial charge in [-0.15, -0.1) is 0 Å². The zero-order valence-corrected chi connectivity index (χ0v) is 17.4. The standard InChI is InChI=1S/C22H25N3O3S/c1-16-8-10-18(11-9-16)22(2)20(27)25(21(28)24-22)14-19(26)23-12-13-29-15-17-6-4-3-5-7-17/h3-11H,12-15H2,1-2H3,(H,23,26)(H,24,28). The first-order chi connectivity index (χ1) is 13.9. The van der Waals surface area contributed by atoms with E-state index in [-0.39, 0.29) is 12.5 Å². The number of benzene rings is 2. The van der Waals surface area contributed by atoms with E-state index in [1.54, 1.807) is 18.7 Å². The highest BCUT2D eigenvalue weighted by Gasteiger charge is 2.49. The summed E-state index contributed by atoms with van der Waals surface area (Å²) in [5.41, 5.74) is 1.84. The van der Waals surface area contributed by atoms with Gasteiger partial charge in [0.1, 0.15) is 12.1 Å². The van der Waals surface area contributed by atoms with Gasteiger partial charge in [0.15, 0.2) is 0 Å². The summed E-state index contributed by atoms with van der Waals surface area (Å²) < 4.78 is 0. The van der Waals surface area contributed by atoms with E-state index in [0.29, 0.717) is 12.1 Å². The topological polar surface area (TPSA) is 78.5 Å². The number of hydrogen-bond acceptors (Lipinski definition) is 4. The van der Waals surface area contributed by atoms with Gasteiger partial charge in [-0.05, 0) is 25.0 Å². The van der Waals surface area contributed by atoms with E-state index in [0.717, 1.165) is 22.0 Å². The average molecular weight is 412 g/mol. The molecule has 4 amide bonds. The van der Waals surface area contributed by atoms with Crippen LogP contribution < -0.4 is 10.6 Å². The summed E-state index contributed by atoms with van der Waals surface area (Å²) in [5.74, 6) is 0.863. The van der Waals surface area contributed by atoms with Gasteiger partial charge in [0.05, 0.1) is 0 Å². The van der Waals surface area contributed by atoms with Crippen molar-refractivity contribution in [3.8, 4) is 0 Å². The summed E-state index contributed by atoms with van der Waals surface area (Å²) in [5, 5.41) is 5.50. The van der Waals surface area contributed by atoms with Crippen LogP contribution in [-0.2, 0) is 20.9 Å². The van der Waals surface area contributed by atoms with E-state index in [9.17, 15) is 14.4 Å². The molecule has 2 N–H and O–H groups in total. The lowest BCUT2D eigenvalue weighted by molar-refractivity contribution is -0.134. The number of carbonyl (C=O) groups is 3. The van der Waals surface area contributed by atoms with Crippen LogP contribution in [0, 0.1) is 6.92 Å². The summed E-state index contributed by atoms with van der Waals surface area (Å²) in [4.78, 5) is 38.4. The molecule has 152 valence electrons. The van der Waals surface area contributed by atoms with Crippen LogP contribution in [0.15, 0.2) is 54.6 Å². The number of carbonyl (C=O) groups excluding carboxylic acids is 3. The van der Waals surface area contributed by atoms with Crippen LogP contribution in [0.2, 0.25) is 0 Å². The van der Waals surface area contributed by atoms with E-state index < -0.39 is 17.5 Å². The van der Waals surface area contributed by atoms with Gasteiger partial charge in [-0.25, -0.2) is 4.79 Å². The summed E-state index contributed by atoms with van der Waals surface area (Å²) in [6.07, 6.45) is 0. The fourth-order valence-corrected chi connectivity index (χ4v) is 3.97. The van der Waals surface area contributed by atoms with Gasteiger partial charge < -0.3 is 10.6 Å². The molecule has 6 nitrogen and oxygen atoms in total. The first-order valence-corrected chi connectivity index (χ1v) is 10.7. The molecule has 0 aliphatic carbocycles. The van der Waals surface area contributed by atoms with E-state index in [2.05, 4.69) is 22.8 Å². The van der Waals surface area contributed by atoms with E-state index in [1.165, 1.54) is 5.56 Å². The fourth-order valence-electron chi connectivity index (χ4n) is 3.15. The second-order valence-electron chi connectivity index (χ2n) is 7.20. The van der Waals surface area contributed by atoms with Crippen molar-refractivity contribution in [3.63, 3.8) is 0 Å². The summed E-state index contributed by atoms with van der Waals surface area (Å²) in [6.45, 7) is 3.82. The highest BCUT2D eigenvalue weighted by atomic mass is 32.2. The number of hydrogen-bond donors (Lipinski definition) is 2. The lowest BCUT2D eigenvalue weighted by Crippen LogP contribution is -2.43. The number of amides is 4. The van der Waals surface area contributed by atoms with Crippen molar-refractivity contribution in [2.24, 2.45) is 0 Å². The van der Waals surface area contributed by atoms with Crippen LogP contribution in [-0.4, -0.2) is 41.6 Å². The van der Waals surface area contributed by atoms with Crippen LogP contribution in [0.3, 0.4) is 0 Å². The van der Waals surface area contributed by atoms with Gasteiger partial charge in [-0.1, -0.05) is 60.2 Å². The molecule has 1 aliphatic rings. The maximum absolute atomic E-state index is 12.9. The van der Waals surface area contributed by atoms with Crippen LogP contribution >= 0.6 is 11.8 Å². The predicted molar refractivity (Wildman–Crippen MR) is 114 cm³/mol. The van der Waals surface area contributed by atoms with E-state index in [1.807, 2.05) is 49.4 Å². The number of imide groups is 1. The average Bonchev–Trinajstić information content (AvgIpc) is 2.93. The number of aryl methyl sites for hydroxylation is 1. The molecule has 2 aromatic carbocycles. The molecule has 29 heavy (non-hydrogen) atoms. The normalized spacial score (nSPS) is 18.6. The fraction of sp³-hybridized carbons (Fsp3) is 0.318. The monoisotopic (exact) mass is 411 g/mol. The SMILES string of the molecule is Cc1ccc(C2(C)NC(=O)N(CC(=O)NCCSCc3ccccc3)C2=O)cc1. The highest BCUT2D eigenvalue weighted by Crippen LogP contribution is 2.28. The highest BCUT2D eigenvalue weighted by molar-refractivity contribution is 7.98. The van der Waals surface area contributed by atoms with Crippen molar-refractivity contribution in [1.29, 1.82) is 0 Å². The second kappa shape index (κ2) is 9.13.